The molecule has 0 aromatic heterocycles. The van der Waals surface area contributed by atoms with Crippen LogP contribution < -0.4 is 9.47 Å². The quantitative estimate of drug-likeness (QED) is 0.560. The fourth-order valence-corrected chi connectivity index (χ4v) is 1.54. The monoisotopic (exact) mass is 262 g/mol. The zero-order chi connectivity index (χ0) is 14.3. The first-order valence-corrected chi connectivity index (χ1v) is 5.85. The Morgan fingerprint density at radius 1 is 1.16 bits per heavy atom. The molecule has 0 saturated heterocycles. The Balaban J connectivity index is 3.26. The molecule has 4 nitrogen and oxygen atoms in total. The van der Waals surface area contributed by atoms with Crippen LogP contribution in [0.25, 0.3) is 0 Å². The van der Waals surface area contributed by atoms with E-state index in [0.717, 1.165) is 5.56 Å². The Kier molecular flexibility index (Phi) is 5.67. The highest BCUT2D eigenvalue weighted by Gasteiger charge is 2.19. The highest BCUT2D eigenvalue weighted by Crippen LogP contribution is 2.35. The lowest BCUT2D eigenvalue weighted by Crippen LogP contribution is -2.09. The minimum absolute atomic E-state index is 0.276. The van der Waals surface area contributed by atoms with Crippen LogP contribution in [0.15, 0.2) is 37.4 Å². The zero-order valence-corrected chi connectivity index (χ0v) is 11.3. The molecule has 0 unspecified atom stereocenters. The molecular weight excluding hydrogens is 244 g/mol. The molecule has 0 aliphatic heterocycles. The van der Waals surface area contributed by atoms with Crippen molar-refractivity contribution in [3.63, 3.8) is 0 Å². The Labute approximate surface area is 113 Å². The lowest BCUT2D eigenvalue weighted by Gasteiger charge is -2.16. The molecule has 19 heavy (non-hydrogen) atoms. The summed E-state index contributed by atoms with van der Waals surface area (Å²) in [6, 6.07) is 3.44. The molecule has 0 amide bonds. The van der Waals surface area contributed by atoms with Crippen molar-refractivity contribution in [1.29, 1.82) is 0 Å². The first-order valence-electron chi connectivity index (χ1n) is 5.85. The molecule has 0 N–H and O–H groups in total. The Bertz CT molecular complexity index is 477. The van der Waals surface area contributed by atoms with E-state index in [1.54, 1.807) is 24.3 Å². The van der Waals surface area contributed by atoms with Gasteiger partial charge in [0.2, 0.25) is 0 Å². The Hall–Kier alpha value is -2.23. The third-order valence-corrected chi connectivity index (χ3v) is 2.41. The van der Waals surface area contributed by atoms with Gasteiger partial charge in [0.1, 0.15) is 18.8 Å². The number of carbonyl (C=O) groups excluding carboxylic acids is 1. The summed E-state index contributed by atoms with van der Waals surface area (Å²) in [4.78, 5) is 11.7. The van der Waals surface area contributed by atoms with Crippen molar-refractivity contribution in [3.8, 4) is 11.5 Å². The van der Waals surface area contributed by atoms with E-state index >= 15 is 0 Å². The summed E-state index contributed by atoms with van der Waals surface area (Å²) in [5.74, 6) is 0.417. The number of esters is 1. The molecule has 0 aliphatic rings. The van der Waals surface area contributed by atoms with Gasteiger partial charge >= 0.3 is 5.97 Å². The maximum atomic E-state index is 11.7. The molecule has 0 heterocycles. The minimum Gasteiger partial charge on any atom is -0.485 e. The van der Waals surface area contributed by atoms with Crippen LogP contribution in [-0.2, 0) is 4.74 Å². The molecule has 0 bridgehead atoms. The lowest BCUT2D eigenvalue weighted by molar-refractivity contribution is 0.0595. The van der Waals surface area contributed by atoms with Crippen LogP contribution in [0.5, 0.6) is 11.5 Å². The molecule has 0 atom stereocenters. The van der Waals surface area contributed by atoms with Gasteiger partial charge in [-0.2, -0.15) is 0 Å². The zero-order valence-electron chi connectivity index (χ0n) is 11.3. The normalized spacial score (nSPS) is 9.58. The van der Waals surface area contributed by atoms with Crippen molar-refractivity contribution in [1.82, 2.24) is 0 Å². The van der Waals surface area contributed by atoms with Crippen molar-refractivity contribution >= 4 is 5.97 Å². The predicted octanol–water partition coefficient (Wildman–Crippen LogP) is 2.91. The van der Waals surface area contributed by atoms with Crippen LogP contribution in [-0.4, -0.2) is 26.3 Å². The average molecular weight is 262 g/mol. The summed E-state index contributed by atoms with van der Waals surface area (Å²) in [6.07, 6.45) is 3.22. The van der Waals surface area contributed by atoms with E-state index in [0.29, 0.717) is 23.7 Å². The van der Waals surface area contributed by atoms with E-state index in [2.05, 4.69) is 13.2 Å². The highest BCUT2D eigenvalue weighted by molar-refractivity contribution is 5.93. The summed E-state index contributed by atoms with van der Waals surface area (Å²) in [5.41, 5.74) is 1.20. The smallest absolute Gasteiger partial charge is 0.341 e. The molecular formula is C15H18O4. The summed E-state index contributed by atoms with van der Waals surface area (Å²) >= 11 is 0. The fourth-order valence-electron chi connectivity index (χ4n) is 1.54. The van der Waals surface area contributed by atoms with Crippen molar-refractivity contribution in [2.24, 2.45) is 0 Å². The lowest BCUT2D eigenvalue weighted by atomic mass is 10.1. The van der Waals surface area contributed by atoms with Gasteiger partial charge in [-0.15, -0.1) is 0 Å². The van der Waals surface area contributed by atoms with Gasteiger partial charge in [0.05, 0.1) is 7.11 Å². The molecule has 1 rings (SSSR count). The summed E-state index contributed by atoms with van der Waals surface area (Å²) in [5, 5.41) is 0. The third kappa shape index (κ3) is 3.61. The Morgan fingerprint density at radius 2 is 1.74 bits per heavy atom. The summed E-state index contributed by atoms with van der Waals surface area (Å²) < 4.78 is 15.8. The molecule has 1 aromatic rings. The minimum atomic E-state index is -0.470. The van der Waals surface area contributed by atoms with Gasteiger partial charge in [0, 0.05) is 0 Å². The van der Waals surface area contributed by atoms with E-state index in [4.69, 9.17) is 14.2 Å². The van der Waals surface area contributed by atoms with E-state index in [1.165, 1.54) is 7.11 Å². The number of hydrogen-bond acceptors (Lipinski definition) is 4. The van der Waals surface area contributed by atoms with Gasteiger partial charge in [0.15, 0.2) is 11.5 Å². The number of ether oxygens (including phenoxy) is 3. The molecule has 0 aliphatic carbocycles. The second-order valence-corrected chi connectivity index (χ2v) is 3.78. The predicted molar refractivity (Wildman–Crippen MR) is 73.9 cm³/mol. The van der Waals surface area contributed by atoms with Gasteiger partial charge in [-0.3, -0.25) is 0 Å². The van der Waals surface area contributed by atoms with Gasteiger partial charge in [-0.1, -0.05) is 31.4 Å². The van der Waals surface area contributed by atoms with Crippen LogP contribution in [0.3, 0.4) is 0 Å². The maximum absolute atomic E-state index is 11.7. The number of carbonyl (C=O) groups is 1. The number of aryl methyl sites for hydroxylation is 1. The fraction of sp³-hybridized carbons (Fsp3) is 0.267. The first kappa shape index (κ1) is 14.8. The molecule has 0 fully saturated rings. The van der Waals surface area contributed by atoms with Crippen LogP contribution >= 0.6 is 0 Å². The van der Waals surface area contributed by atoms with Crippen molar-refractivity contribution in [3.05, 3.63) is 48.6 Å². The topological polar surface area (TPSA) is 44.8 Å². The highest BCUT2D eigenvalue weighted by atomic mass is 16.5. The molecule has 0 spiro atoms. The summed E-state index contributed by atoms with van der Waals surface area (Å²) in [7, 11) is 1.32. The van der Waals surface area contributed by atoms with Gasteiger partial charge in [-0.05, 0) is 18.6 Å². The van der Waals surface area contributed by atoms with Crippen LogP contribution in [0.4, 0.5) is 0 Å². The SMILES string of the molecule is C=CCOc1c(C)ccc(C(=O)OC)c1OCC=C. The summed E-state index contributed by atoms with van der Waals surface area (Å²) in [6.45, 7) is 9.66. The molecule has 4 heteroatoms. The number of benzene rings is 1. The van der Waals surface area contributed by atoms with Crippen LogP contribution in [0.1, 0.15) is 15.9 Å². The van der Waals surface area contributed by atoms with Gasteiger partial charge in [-0.25, -0.2) is 4.79 Å². The second-order valence-electron chi connectivity index (χ2n) is 3.78. The second kappa shape index (κ2) is 7.26. The van der Waals surface area contributed by atoms with E-state index in [9.17, 15) is 4.79 Å². The largest absolute Gasteiger partial charge is 0.485 e. The number of rotatable bonds is 7. The van der Waals surface area contributed by atoms with E-state index in [-0.39, 0.29) is 6.61 Å². The van der Waals surface area contributed by atoms with Gasteiger partial charge in [0.25, 0.3) is 0 Å². The standard InChI is InChI=1S/C15H18O4/c1-5-9-18-13-11(3)7-8-12(15(16)17-4)14(13)19-10-6-2/h5-8H,1-2,9-10H2,3-4H3. The van der Waals surface area contributed by atoms with Crippen molar-refractivity contribution in [2.75, 3.05) is 20.3 Å². The maximum Gasteiger partial charge on any atom is 0.341 e. The van der Waals surface area contributed by atoms with Crippen molar-refractivity contribution in [2.45, 2.75) is 6.92 Å². The van der Waals surface area contributed by atoms with E-state index in [1.807, 2.05) is 6.92 Å². The molecule has 102 valence electrons. The molecule has 0 saturated carbocycles. The van der Waals surface area contributed by atoms with E-state index < -0.39 is 5.97 Å². The average Bonchev–Trinajstić information content (AvgIpc) is 2.43. The number of methoxy groups -OCH3 is 1. The third-order valence-electron chi connectivity index (χ3n) is 2.41. The number of hydrogen-bond donors (Lipinski definition) is 0. The van der Waals surface area contributed by atoms with Crippen LogP contribution in [0.2, 0.25) is 0 Å². The van der Waals surface area contributed by atoms with Gasteiger partial charge < -0.3 is 14.2 Å². The Morgan fingerprint density at radius 3 is 2.26 bits per heavy atom. The van der Waals surface area contributed by atoms with Crippen molar-refractivity contribution < 1.29 is 19.0 Å². The molecule has 0 radical (unpaired) electrons. The first-order chi connectivity index (χ1) is 9.15. The molecule has 1 aromatic carbocycles. The van der Waals surface area contributed by atoms with Crippen LogP contribution in [0, 0.1) is 6.92 Å².